The number of unbranched alkanes of at least 4 members (excludes halogenated alkanes) is 4. The molecule has 0 atom stereocenters. The Morgan fingerprint density at radius 1 is 0.857 bits per heavy atom. The van der Waals surface area contributed by atoms with Gasteiger partial charge in [0.15, 0.2) is 0 Å². The van der Waals surface area contributed by atoms with E-state index in [9.17, 15) is 0 Å². The van der Waals surface area contributed by atoms with Gasteiger partial charge in [0, 0.05) is 12.3 Å². The summed E-state index contributed by atoms with van der Waals surface area (Å²) in [7, 11) is 0. The first-order chi connectivity index (χ1) is 13.7. The van der Waals surface area contributed by atoms with Crippen LogP contribution in [0, 0.1) is 0 Å². The highest BCUT2D eigenvalue weighted by molar-refractivity contribution is 7.01. The first-order valence-corrected chi connectivity index (χ1v) is 12.2. The second-order valence-electron chi connectivity index (χ2n) is 9.34. The van der Waals surface area contributed by atoms with E-state index >= 15 is 0 Å². The third-order valence-corrected chi connectivity index (χ3v) is 7.55. The summed E-state index contributed by atoms with van der Waals surface area (Å²) >= 11 is 0. The fraction of sp³-hybridized carbons (Fsp3) is 0.727. The molecule has 1 aromatic heterocycles. The summed E-state index contributed by atoms with van der Waals surface area (Å²) in [6, 6.07) is 2.29. The average molecular weight is 383 g/mol. The maximum atomic E-state index is 5.08. The van der Waals surface area contributed by atoms with Crippen molar-refractivity contribution in [3.05, 3.63) is 18.5 Å². The molecule has 0 aromatic carbocycles. The predicted molar refractivity (Wildman–Crippen MR) is 125 cm³/mol. The molecule has 0 saturated carbocycles. The van der Waals surface area contributed by atoms with Crippen molar-refractivity contribution < 1.29 is 9.08 Å². The average Bonchev–Trinajstić information content (AvgIpc) is 3.40. The van der Waals surface area contributed by atoms with Crippen molar-refractivity contribution in [2.75, 3.05) is 0 Å². The Kier molecular flexibility index (Phi) is 7.04. The fourth-order valence-electron chi connectivity index (χ4n) is 6.09. The van der Waals surface area contributed by atoms with Gasteiger partial charge in [-0.15, -0.1) is 0 Å². The molecule has 4 nitrogen and oxygen atoms in total. The Morgan fingerprint density at radius 2 is 1.43 bits per heavy atom. The number of nitrogens with zero attached hydrogens (tertiary/aromatic N) is 4. The summed E-state index contributed by atoms with van der Waals surface area (Å²) in [5.74, 6) is 0. The van der Waals surface area contributed by atoms with E-state index in [1.54, 1.807) is 0 Å². The monoisotopic (exact) mass is 383 g/mol. The molecule has 0 spiro atoms. The van der Waals surface area contributed by atoms with Crippen molar-refractivity contribution in [3.8, 4) is 0 Å². The molecule has 0 saturated heterocycles. The molecule has 0 unspecified atom stereocenters. The topological polar surface area (TPSA) is 25.9 Å². The van der Waals surface area contributed by atoms with E-state index in [-0.39, 0.29) is 0 Å². The molecule has 2 aliphatic heterocycles. The van der Waals surface area contributed by atoms with Gasteiger partial charge < -0.3 is 13.7 Å². The molecular formula is C22H41B2N4+. The van der Waals surface area contributed by atoms with Crippen LogP contribution in [0.3, 0.4) is 0 Å². The van der Waals surface area contributed by atoms with Crippen LogP contribution < -0.4 is 9.26 Å². The van der Waals surface area contributed by atoms with Crippen LogP contribution in [0.15, 0.2) is 18.5 Å². The lowest BCUT2D eigenvalue weighted by atomic mass is 9.25. The van der Waals surface area contributed by atoms with Crippen LogP contribution in [-0.2, 0) is 0 Å². The van der Waals surface area contributed by atoms with E-state index in [1.807, 2.05) is 0 Å². The lowest BCUT2D eigenvalue weighted by molar-refractivity contribution is -0.637. The van der Waals surface area contributed by atoms with E-state index in [0.717, 1.165) is 0 Å². The Morgan fingerprint density at radius 3 is 2.00 bits per heavy atom. The molecular weight excluding hydrogens is 342 g/mol. The van der Waals surface area contributed by atoms with Gasteiger partial charge in [0.05, 0.1) is 0 Å². The molecule has 6 heteroatoms. The molecule has 0 amide bonds. The molecule has 0 fully saturated rings. The van der Waals surface area contributed by atoms with Gasteiger partial charge in [0.25, 0.3) is 0 Å². The standard InChI is InChI=1S/C22H41B2N4/c1-5-9-14-23(15-10-6-2)22-25-18-21-26(22)24(16-11-7-3,17-12-8-4)28-20-13-19-27(23)28/h13,18-21H,5-12,14-17H2,1-4H3/q+1. The largest absolute Gasteiger partial charge is 0.484 e. The number of rotatable bonds is 12. The smallest absolute Gasteiger partial charge is 0.356 e. The Labute approximate surface area is 172 Å². The van der Waals surface area contributed by atoms with Gasteiger partial charge in [-0.2, -0.15) is 0 Å². The lowest BCUT2D eigenvalue weighted by Gasteiger charge is -2.44. The third kappa shape index (κ3) is 3.45. The van der Waals surface area contributed by atoms with Crippen LogP contribution in [0.25, 0.3) is 0 Å². The SMILES string of the molecule is CCCC[B-]1(CCCC)n2ccc[n+]2[B-](CCCC)(CCCC)C2=[N+]=CC=[N+]21. The highest BCUT2D eigenvalue weighted by atomic mass is 15.4. The summed E-state index contributed by atoms with van der Waals surface area (Å²) in [6.07, 6.45) is 22.6. The van der Waals surface area contributed by atoms with Gasteiger partial charge in [-0.05, 0) is 0 Å². The van der Waals surface area contributed by atoms with Crippen molar-refractivity contribution in [3.63, 3.8) is 0 Å². The summed E-state index contributed by atoms with van der Waals surface area (Å²) in [5, 5.41) is 0. The maximum absolute atomic E-state index is 5.08. The second-order valence-corrected chi connectivity index (χ2v) is 9.34. The van der Waals surface area contributed by atoms with Gasteiger partial charge in [-0.3, -0.25) is 0 Å². The van der Waals surface area contributed by atoms with Crippen LogP contribution in [0.2, 0.25) is 25.3 Å². The summed E-state index contributed by atoms with van der Waals surface area (Å²) < 4.78 is 13.1. The Balaban J connectivity index is 2.18. The van der Waals surface area contributed by atoms with Gasteiger partial charge in [0.2, 0.25) is 6.21 Å². The van der Waals surface area contributed by atoms with E-state index in [1.165, 1.54) is 82.4 Å². The van der Waals surface area contributed by atoms with Crippen LogP contribution in [0.1, 0.15) is 79.1 Å². The second kappa shape index (κ2) is 9.30. The zero-order valence-corrected chi connectivity index (χ0v) is 18.8. The minimum absolute atomic E-state index is 0.843. The quantitative estimate of drug-likeness (QED) is 0.381. The molecule has 0 aliphatic carbocycles. The molecule has 1 aromatic rings. The number of aromatic nitrogens is 2. The number of hydrogen-bond donors (Lipinski definition) is 0. The Hall–Kier alpha value is -1.54. The van der Waals surface area contributed by atoms with Gasteiger partial charge in [-0.1, -0.05) is 109 Å². The molecule has 3 rings (SSSR count). The first kappa shape index (κ1) is 21.2. The molecule has 3 heterocycles. The van der Waals surface area contributed by atoms with Crippen molar-refractivity contribution in [1.82, 2.24) is 9.26 Å². The molecule has 154 valence electrons. The number of amidine groups is 1. The highest BCUT2D eigenvalue weighted by Gasteiger charge is 2.65. The van der Waals surface area contributed by atoms with Crippen molar-refractivity contribution >= 4 is 30.9 Å². The van der Waals surface area contributed by atoms with Crippen molar-refractivity contribution in [2.24, 2.45) is 0 Å². The van der Waals surface area contributed by atoms with Gasteiger partial charge >= 0.3 is 24.6 Å². The summed E-state index contributed by atoms with van der Waals surface area (Å²) in [5.41, 5.74) is 1.39. The number of fused-ring (bicyclic) bond motifs is 2. The van der Waals surface area contributed by atoms with Gasteiger partial charge in [0.1, 0.15) is 6.20 Å². The van der Waals surface area contributed by atoms with E-state index in [4.69, 9.17) is 4.67 Å². The molecule has 0 radical (unpaired) electrons. The summed E-state index contributed by atoms with van der Waals surface area (Å²) in [6.45, 7) is 9.28. The fourth-order valence-corrected chi connectivity index (χ4v) is 6.09. The molecule has 0 bridgehead atoms. The van der Waals surface area contributed by atoms with Crippen LogP contribution in [0.5, 0.6) is 0 Å². The molecule has 0 N–H and O–H groups in total. The van der Waals surface area contributed by atoms with Crippen LogP contribution in [0.4, 0.5) is 0 Å². The normalized spacial score (nSPS) is 18.6. The predicted octanol–water partition coefficient (Wildman–Crippen LogP) is 4.25. The first-order valence-electron chi connectivity index (χ1n) is 12.2. The molecule has 2 aliphatic rings. The van der Waals surface area contributed by atoms with Crippen LogP contribution in [-0.4, -0.2) is 39.9 Å². The van der Waals surface area contributed by atoms with E-state index in [0.29, 0.717) is 0 Å². The minimum atomic E-state index is -0.845. The minimum Gasteiger partial charge on any atom is -0.356 e. The number of hydrogen-bond acceptors (Lipinski definition) is 0. The maximum Gasteiger partial charge on any atom is 0.484 e. The van der Waals surface area contributed by atoms with E-state index < -0.39 is 12.7 Å². The molecule has 28 heavy (non-hydrogen) atoms. The van der Waals surface area contributed by atoms with E-state index in [2.05, 4.69) is 72.3 Å². The highest BCUT2D eigenvalue weighted by Crippen LogP contribution is 2.32. The zero-order chi connectivity index (χ0) is 20.0. The summed E-state index contributed by atoms with van der Waals surface area (Å²) in [4.78, 5) is 0. The van der Waals surface area contributed by atoms with Gasteiger partial charge in [-0.25, -0.2) is 0 Å². The zero-order valence-electron chi connectivity index (χ0n) is 18.8. The van der Waals surface area contributed by atoms with Crippen molar-refractivity contribution in [2.45, 2.75) is 104 Å². The Bertz CT molecular complexity index is 742. The van der Waals surface area contributed by atoms with Crippen molar-refractivity contribution in [1.29, 1.82) is 0 Å². The van der Waals surface area contributed by atoms with Crippen LogP contribution >= 0.6 is 0 Å². The lowest BCUT2D eigenvalue weighted by Crippen LogP contribution is -2.85. The third-order valence-electron chi connectivity index (χ3n) is 7.55.